The number of aryl methyl sites for hydroxylation is 1. The van der Waals surface area contributed by atoms with E-state index in [4.69, 9.17) is 12.2 Å². The van der Waals surface area contributed by atoms with Gasteiger partial charge in [-0.25, -0.2) is 0 Å². The van der Waals surface area contributed by atoms with Crippen molar-refractivity contribution in [1.82, 2.24) is 20.1 Å². The number of aromatic amines is 1. The van der Waals surface area contributed by atoms with E-state index in [9.17, 15) is 4.79 Å². The summed E-state index contributed by atoms with van der Waals surface area (Å²) in [5.74, 6) is 0.577. The van der Waals surface area contributed by atoms with E-state index in [1.165, 1.54) is 0 Å². The fourth-order valence-corrected chi connectivity index (χ4v) is 1.74. The number of hydrogen-bond acceptors (Lipinski definition) is 3. The predicted octanol–water partition coefficient (Wildman–Crippen LogP) is 1.72. The van der Waals surface area contributed by atoms with Gasteiger partial charge in [-0.15, -0.1) is 0 Å². The minimum atomic E-state index is -0.118. The molecule has 2 N–H and O–H groups in total. The minimum absolute atomic E-state index is 0.118. The van der Waals surface area contributed by atoms with Gasteiger partial charge in [0.1, 0.15) is 0 Å². The van der Waals surface area contributed by atoms with Crippen LogP contribution in [0.15, 0.2) is 24.3 Å². The fraction of sp³-hybridized carbons (Fsp3) is 0.250. The molecule has 0 atom stereocenters. The molecule has 0 aliphatic rings. The van der Waals surface area contributed by atoms with E-state index >= 15 is 0 Å². The summed E-state index contributed by atoms with van der Waals surface area (Å²) in [7, 11) is 1.81. The molecule has 0 saturated heterocycles. The van der Waals surface area contributed by atoms with E-state index in [0.29, 0.717) is 22.7 Å². The maximum absolute atomic E-state index is 11.9. The van der Waals surface area contributed by atoms with Gasteiger partial charge in [-0.1, -0.05) is 17.7 Å². The minimum Gasteiger partial charge on any atom is -0.345 e. The summed E-state index contributed by atoms with van der Waals surface area (Å²) in [5, 5.41) is 9.51. The smallest absolute Gasteiger partial charge is 0.251 e. The number of nitrogens with one attached hydrogen (secondary N) is 2. The van der Waals surface area contributed by atoms with Gasteiger partial charge in [0.15, 0.2) is 10.6 Å². The second-order valence-corrected chi connectivity index (χ2v) is 4.44. The maximum atomic E-state index is 11.9. The van der Waals surface area contributed by atoms with Crippen molar-refractivity contribution in [3.63, 3.8) is 0 Å². The summed E-state index contributed by atoms with van der Waals surface area (Å²) >= 11 is 5.00. The highest BCUT2D eigenvalue weighted by atomic mass is 32.1. The summed E-state index contributed by atoms with van der Waals surface area (Å²) in [5.41, 5.74) is 1.70. The number of benzene rings is 1. The van der Waals surface area contributed by atoms with Gasteiger partial charge in [-0.2, -0.15) is 5.10 Å². The van der Waals surface area contributed by atoms with Crippen LogP contribution in [0.2, 0.25) is 0 Å². The van der Waals surface area contributed by atoms with Crippen LogP contribution >= 0.6 is 12.2 Å². The molecule has 1 aromatic heterocycles. The number of hydrogen-bond donors (Lipinski definition) is 2. The van der Waals surface area contributed by atoms with Crippen molar-refractivity contribution in [1.29, 1.82) is 0 Å². The van der Waals surface area contributed by atoms with Gasteiger partial charge in [-0.3, -0.25) is 9.89 Å². The van der Waals surface area contributed by atoms with Crippen LogP contribution in [-0.2, 0) is 13.6 Å². The molecule has 0 aliphatic heterocycles. The van der Waals surface area contributed by atoms with Crippen LogP contribution in [0.5, 0.6) is 0 Å². The van der Waals surface area contributed by atoms with Crippen molar-refractivity contribution >= 4 is 18.1 Å². The molecular weight excluding hydrogens is 248 g/mol. The Morgan fingerprint density at radius 2 is 2.33 bits per heavy atom. The molecule has 1 aromatic carbocycles. The van der Waals surface area contributed by atoms with Gasteiger partial charge >= 0.3 is 0 Å². The first-order valence-electron chi connectivity index (χ1n) is 5.53. The summed E-state index contributed by atoms with van der Waals surface area (Å²) in [6, 6.07) is 7.44. The lowest BCUT2D eigenvalue weighted by atomic mass is 10.1. The van der Waals surface area contributed by atoms with Gasteiger partial charge < -0.3 is 9.88 Å². The standard InChI is InChI=1S/C12H14N4OS/c1-8-4-3-5-9(6-8)11(17)13-7-10-14-15-12(18)16(10)2/h3-6H,7H2,1-2H3,(H,13,17)(H,15,18). The molecule has 1 heterocycles. The fourth-order valence-electron chi connectivity index (χ4n) is 1.59. The zero-order valence-corrected chi connectivity index (χ0v) is 11.0. The van der Waals surface area contributed by atoms with Gasteiger partial charge in [0.2, 0.25) is 0 Å². The van der Waals surface area contributed by atoms with Crippen molar-refractivity contribution < 1.29 is 4.79 Å². The number of nitrogens with zero attached hydrogens (tertiary/aromatic N) is 2. The predicted molar refractivity (Wildman–Crippen MR) is 70.7 cm³/mol. The van der Waals surface area contributed by atoms with Crippen molar-refractivity contribution in [3.8, 4) is 0 Å². The largest absolute Gasteiger partial charge is 0.345 e. The van der Waals surface area contributed by atoms with E-state index in [-0.39, 0.29) is 5.91 Å². The number of H-pyrrole nitrogens is 1. The third kappa shape index (κ3) is 2.65. The first kappa shape index (κ1) is 12.5. The molecule has 0 fully saturated rings. The first-order chi connectivity index (χ1) is 8.58. The van der Waals surface area contributed by atoms with Gasteiger partial charge in [0.05, 0.1) is 6.54 Å². The third-order valence-electron chi connectivity index (χ3n) is 2.66. The van der Waals surface area contributed by atoms with E-state index in [0.717, 1.165) is 5.56 Å². The van der Waals surface area contributed by atoms with Crippen LogP contribution in [0.4, 0.5) is 0 Å². The third-order valence-corrected chi connectivity index (χ3v) is 3.02. The highest BCUT2D eigenvalue weighted by Gasteiger charge is 2.07. The van der Waals surface area contributed by atoms with Crippen molar-refractivity contribution in [2.75, 3.05) is 0 Å². The molecule has 94 valence electrons. The Morgan fingerprint density at radius 1 is 1.56 bits per heavy atom. The SMILES string of the molecule is Cc1cccc(C(=O)NCc2n[nH]c(=S)n2C)c1. The summed E-state index contributed by atoms with van der Waals surface area (Å²) in [6.07, 6.45) is 0. The lowest BCUT2D eigenvalue weighted by Crippen LogP contribution is -2.24. The van der Waals surface area contributed by atoms with E-state index in [2.05, 4.69) is 15.5 Å². The number of aromatic nitrogens is 3. The Balaban J connectivity index is 2.05. The molecule has 0 spiro atoms. The van der Waals surface area contributed by atoms with Gasteiger partial charge in [0.25, 0.3) is 5.91 Å². The van der Waals surface area contributed by atoms with Crippen LogP contribution in [-0.4, -0.2) is 20.7 Å². The summed E-state index contributed by atoms with van der Waals surface area (Å²) < 4.78 is 2.26. The zero-order valence-electron chi connectivity index (χ0n) is 10.2. The Kier molecular flexibility index (Phi) is 3.57. The number of carbonyl (C=O) groups excluding carboxylic acids is 1. The first-order valence-corrected chi connectivity index (χ1v) is 5.94. The lowest BCUT2D eigenvalue weighted by molar-refractivity contribution is 0.0949. The van der Waals surface area contributed by atoms with Crippen LogP contribution in [0.1, 0.15) is 21.7 Å². The molecule has 2 aromatic rings. The Bertz CT molecular complexity index is 629. The van der Waals surface area contributed by atoms with Crippen LogP contribution < -0.4 is 5.32 Å². The molecule has 5 nitrogen and oxygen atoms in total. The zero-order chi connectivity index (χ0) is 13.1. The molecule has 0 unspecified atom stereocenters. The Hall–Kier alpha value is -1.95. The van der Waals surface area contributed by atoms with Crippen LogP contribution in [0.3, 0.4) is 0 Å². The molecule has 0 saturated carbocycles. The highest BCUT2D eigenvalue weighted by molar-refractivity contribution is 7.71. The second kappa shape index (κ2) is 5.14. The van der Waals surface area contributed by atoms with Crippen molar-refractivity contribution in [3.05, 3.63) is 46.0 Å². The van der Waals surface area contributed by atoms with Crippen LogP contribution in [0.25, 0.3) is 0 Å². The second-order valence-electron chi connectivity index (χ2n) is 4.06. The summed E-state index contributed by atoms with van der Waals surface area (Å²) in [4.78, 5) is 11.9. The molecule has 1 amide bonds. The highest BCUT2D eigenvalue weighted by Crippen LogP contribution is 2.04. The summed E-state index contributed by atoms with van der Waals surface area (Å²) in [6.45, 7) is 2.30. The molecule has 18 heavy (non-hydrogen) atoms. The average Bonchev–Trinajstić information content (AvgIpc) is 2.67. The topological polar surface area (TPSA) is 62.7 Å². The van der Waals surface area contributed by atoms with E-state index in [1.54, 1.807) is 17.7 Å². The molecule has 0 bridgehead atoms. The van der Waals surface area contributed by atoms with E-state index in [1.807, 2.05) is 25.1 Å². The number of amides is 1. The lowest BCUT2D eigenvalue weighted by Gasteiger charge is -2.05. The average molecular weight is 262 g/mol. The van der Waals surface area contributed by atoms with E-state index < -0.39 is 0 Å². The Labute approximate surface area is 110 Å². The maximum Gasteiger partial charge on any atom is 0.251 e. The monoisotopic (exact) mass is 262 g/mol. The Morgan fingerprint density at radius 3 is 2.94 bits per heavy atom. The molecule has 0 aliphatic carbocycles. The number of carbonyl (C=O) groups is 1. The molecular formula is C12H14N4OS. The van der Waals surface area contributed by atoms with Crippen LogP contribution in [0, 0.1) is 11.7 Å². The number of rotatable bonds is 3. The van der Waals surface area contributed by atoms with Gasteiger partial charge in [0, 0.05) is 12.6 Å². The molecule has 6 heteroatoms. The normalized spacial score (nSPS) is 10.3. The van der Waals surface area contributed by atoms with Crippen molar-refractivity contribution in [2.24, 2.45) is 7.05 Å². The van der Waals surface area contributed by atoms with Crippen molar-refractivity contribution in [2.45, 2.75) is 13.5 Å². The quantitative estimate of drug-likeness (QED) is 0.828. The molecule has 2 rings (SSSR count). The van der Waals surface area contributed by atoms with Gasteiger partial charge in [-0.05, 0) is 31.3 Å². The molecule has 0 radical (unpaired) electrons.